The fourth-order valence-corrected chi connectivity index (χ4v) is 1.80. The van der Waals surface area contributed by atoms with Gasteiger partial charge in [-0.15, -0.1) is 0 Å². The minimum absolute atomic E-state index is 0.100. The number of fused-ring (bicyclic) bond motifs is 1. The minimum atomic E-state index is 0.100. The third kappa shape index (κ3) is 1.39. The van der Waals surface area contributed by atoms with Crippen LogP contribution in [0.3, 0.4) is 0 Å². The smallest absolute Gasteiger partial charge is 0.0995 e. The van der Waals surface area contributed by atoms with E-state index in [9.17, 15) is 0 Å². The molecule has 1 aliphatic heterocycles. The van der Waals surface area contributed by atoms with Gasteiger partial charge >= 0.3 is 0 Å². The third-order valence-electron chi connectivity index (χ3n) is 2.50. The molecule has 0 spiro atoms. The van der Waals surface area contributed by atoms with E-state index in [0.29, 0.717) is 6.61 Å². The van der Waals surface area contributed by atoms with E-state index in [1.807, 2.05) is 25.2 Å². The Balaban J connectivity index is 2.38. The van der Waals surface area contributed by atoms with Crippen LogP contribution in [0.4, 0.5) is 0 Å². The van der Waals surface area contributed by atoms with Crippen LogP contribution in [-0.4, -0.2) is 13.6 Å². The van der Waals surface area contributed by atoms with Crippen molar-refractivity contribution >= 4 is 0 Å². The molecule has 0 radical (unpaired) electrons. The van der Waals surface area contributed by atoms with Crippen molar-refractivity contribution in [1.82, 2.24) is 5.32 Å². The lowest BCUT2D eigenvalue weighted by atomic mass is 10.0. The highest BCUT2D eigenvalue weighted by atomic mass is 16.5. The van der Waals surface area contributed by atoms with Crippen molar-refractivity contribution in [3.8, 4) is 6.07 Å². The Hall–Kier alpha value is -1.37. The summed E-state index contributed by atoms with van der Waals surface area (Å²) in [5.74, 6) is 0. The fourth-order valence-electron chi connectivity index (χ4n) is 1.80. The molecular weight excluding hydrogens is 176 g/mol. The van der Waals surface area contributed by atoms with Crippen LogP contribution in [0, 0.1) is 11.3 Å². The number of nitriles is 1. The standard InChI is InChI=1S/C11H12N2O/c1-13-6-11-9-4-2-3-8(5-12)10(9)7-14-11/h2-4,11,13H,6-7H2,1H3/t11-/m0/s1. The first kappa shape index (κ1) is 9.20. The van der Waals surface area contributed by atoms with Gasteiger partial charge in [0.15, 0.2) is 0 Å². The van der Waals surface area contributed by atoms with Gasteiger partial charge in [0.1, 0.15) is 0 Å². The normalized spacial score (nSPS) is 19.0. The molecule has 0 saturated carbocycles. The molecule has 0 bridgehead atoms. The maximum atomic E-state index is 8.90. The third-order valence-corrected chi connectivity index (χ3v) is 2.50. The summed E-state index contributed by atoms with van der Waals surface area (Å²) in [6.07, 6.45) is 0.100. The summed E-state index contributed by atoms with van der Waals surface area (Å²) in [6, 6.07) is 7.97. The van der Waals surface area contributed by atoms with Crippen molar-refractivity contribution in [2.45, 2.75) is 12.7 Å². The van der Waals surface area contributed by atoms with Gasteiger partial charge in [-0.05, 0) is 18.7 Å². The van der Waals surface area contributed by atoms with Crippen molar-refractivity contribution in [2.24, 2.45) is 0 Å². The summed E-state index contributed by atoms with van der Waals surface area (Å²) < 4.78 is 5.59. The summed E-state index contributed by atoms with van der Waals surface area (Å²) in [5.41, 5.74) is 2.94. The minimum Gasteiger partial charge on any atom is -0.367 e. The zero-order valence-corrected chi connectivity index (χ0v) is 8.08. The van der Waals surface area contributed by atoms with Crippen LogP contribution in [0.15, 0.2) is 18.2 Å². The lowest BCUT2D eigenvalue weighted by Gasteiger charge is -2.09. The van der Waals surface area contributed by atoms with Crippen LogP contribution >= 0.6 is 0 Å². The highest BCUT2D eigenvalue weighted by Crippen LogP contribution is 2.31. The first-order chi connectivity index (χ1) is 6.86. The molecule has 1 heterocycles. The van der Waals surface area contributed by atoms with Gasteiger partial charge in [-0.2, -0.15) is 5.26 Å². The van der Waals surface area contributed by atoms with E-state index in [0.717, 1.165) is 23.2 Å². The van der Waals surface area contributed by atoms with Gasteiger partial charge in [0.2, 0.25) is 0 Å². The van der Waals surface area contributed by atoms with E-state index in [4.69, 9.17) is 10.00 Å². The maximum absolute atomic E-state index is 8.90. The predicted molar refractivity (Wildman–Crippen MR) is 52.6 cm³/mol. The molecule has 3 heteroatoms. The fraction of sp³-hybridized carbons (Fsp3) is 0.364. The quantitative estimate of drug-likeness (QED) is 0.762. The molecule has 0 amide bonds. The average molecular weight is 188 g/mol. The second-order valence-corrected chi connectivity index (χ2v) is 3.34. The van der Waals surface area contributed by atoms with Crippen LogP contribution in [0.1, 0.15) is 22.8 Å². The van der Waals surface area contributed by atoms with Crippen LogP contribution in [0.2, 0.25) is 0 Å². The van der Waals surface area contributed by atoms with Crippen molar-refractivity contribution in [3.05, 3.63) is 34.9 Å². The van der Waals surface area contributed by atoms with Gasteiger partial charge < -0.3 is 10.1 Å². The van der Waals surface area contributed by atoms with E-state index in [1.165, 1.54) is 0 Å². The lowest BCUT2D eigenvalue weighted by Crippen LogP contribution is -2.16. The highest BCUT2D eigenvalue weighted by Gasteiger charge is 2.24. The number of benzene rings is 1. The van der Waals surface area contributed by atoms with E-state index in [1.54, 1.807) is 0 Å². The van der Waals surface area contributed by atoms with Crippen molar-refractivity contribution in [2.75, 3.05) is 13.6 Å². The molecule has 0 saturated heterocycles. The van der Waals surface area contributed by atoms with Gasteiger partial charge in [-0.3, -0.25) is 0 Å². The van der Waals surface area contributed by atoms with E-state index >= 15 is 0 Å². The Bertz CT molecular complexity index is 381. The van der Waals surface area contributed by atoms with Crippen molar-refractivity contribution < 1.29 is 4.74 Å². The summed E-state index contributed by atoms with van der Waals surface area (Å²) in [4.78, 5) is 0. The Labute approximate surface area is 83.3 Å². The highest BCUT2D eigenvalue weighted by molar-refractivity contribution is 5.45. The molecule has 72 valence electrons. The molecule has 0 fully saturated rings. The molecule has 0 aliphatic carbocycles. The Morgan fingerprint density at radius 1 is 1.64 bits per heavy atom. The number of hydrogen-bond donors (Lipinski definition) is 1. The van der Waals surface area contributed by atoms with Crippen molar-refractivity contribution in [3.63, 3.8) is 0 Å². The number of rotatable bonds is 2. The number of likely N-dealkylation sites (N-methyl/N-ethyl adjacent to an activating group) is 1. The maximum Gasteiger partial charge on any atom is 0.0995 e. The molecule has 14 heavy (non-hydrogen) atoms. The predicted octanol–water partition coefficient (Wildman–Crippen LogP) is 1.35. The second-order valence-electron chi connectivity index (χ2n) is 3.34. The monoisotopic (exact) mass is 188 g/mol. The SMILES string of the molecule is CNC[C@@H]1OCc2c(C#N)cccc21. The first-order valence-corrected chi connectivity index (χ1v) is 4.65. The average Bonchev–Trinajstić information content (AvgIpc) is 2.62. The summed E-state index contributed by atoms with van der Waals surface area (Å²) in [6.45, 7) is 1.35. The van der Waals surface area contributed by atoms with Crippen LogP contribution in [0.5, 0.6) is 0 Å². The van der Waals surface area contributed by atoms with E-state index in [-0.39, 0.29) is 6.10 Å². The molecule has 1 aromatic rings. The van der Waals surface area contributed by atoms with Crippen LogP contribution in [-0.2, 0) is 11.3 Å². The van der Waals surface area contributed by atoms with Gasteiger partial charge in [-0.25, -0.2) is 0 Å². The zero-order chi connectivity index (χ0) is 9.97. The molecule has 0 aromatic heterocycles. The largest absolute Gasteiger partial charge is 0.367 e. The number of nitrogens with zero attached hydrogens (tertiary/aromatic N) is 1. The van der Waals surface area contributed by atoms with Gasteiger partial charge in [0.05, 0.1) is 24.3 Å². The topological polar surface area (TPSA) is 45.0 Å². The zero-order valence-electron chi connectivity index (χ0n) is 8.08. The number of ether oxygens (including phenoxy) is 1. The van der Waals surface area contributed by atoms with Gasteiger partial charge in [-0.1, -0.05) is 12.1 Å². The lowest BCUT2D eigenvalue weighted by molar-refractivity contribution is 0.0674. The summed E-state index contributed by atoms with van der Waals surface area (Å²) >= 11 is 0. The molecule has 1 N–H and O–H groups in total. The second kappa shape index (κ2) is 3.79. The van der Waals surface area contributed by atoms with Crippen LogP contribution in [0.25, 0.3) is 0 Å². The Morgan fingerprint density at radius 3 is 3.21 bits per heavy atom. The van der Waals surface area contributed by atoms with Gasteiger partial charge in [0.25, 0.3) is 0 Å². The molecule has 3 nitrogen and oxygen atoms in total. The molecule has 1 aliphatic rings. The Kier molecular flexibility index (Phi) is 2.49. The number of hydrogen-bond acceptors (Lipinski definition) is 3. The van der Waals surface area contributed by atoms with E-state index < -0.39 is 0 Å². The summed E-state index contributed by atoms with van der Waals surface area (Å²) in [7, 11) is 1.90. The summed E-state index contributed by atoms with van der Waals surface area (Å²) in [5, 5.41) is 12.0. The van der Waals surface area contributed by atoms with E-state index in [2.05, 4.69) is 11.4 Å². The molecule has 2 rings (SSSR count). The molecule has 0 unspecified atom stereocenters. The van der Waals surface area contributed by atoms with Gasteiger partial charge in [0, 0.05) is 12.1 Å². The van der Waals surface area contributed by atoms with Crippen LogP contribution < -0.4 is 5.32 Å². The molecule has 1 aromatic carbocycles. The molecular formula is C11H12N2O. The number of nitrogens with one attached hydrogen (secondary N) is 1. The Morgan fingerprint density at radius 2 is 2.50 bits per heavy atom. The molecule has 1 atom stereocenters. The van der Waals surface area contributed by atoms with Crippen molar-refractivity contribution in [1.29, 1.82) is 5.26 Å². The first-order valence-electron chi connectivity index (χ1n) is 4.65.